The Morgan fingerprint density at radius 3 is 2.75 bits per heavy atom. The number of hydrogen-bond donors (Lipinski definition) is 2. The molecular formula is C12H21N3O. The lowest BCUT2D eigenvalue weighted by atomic mass is 10.1. The zero-order valence-electron chi connectivity index (χ0n) is 10.3. The van der Waals surface area contributed by atoms with Crippen molar-refractivity contribution in [2.75, 3.05) is 20.3 Å². The van der Waals surface area contributed by atoms with Gasteiger partial charge in [0.05, 0.1) is 13.3 Å². The van der Waals surface area contributed by atoms with Gasteiger partial charge in [0.25, 0.3) is 0 Å². The van der Waals surface area contributed by atoms with Crippen molar-refractivity contribution in [1.82, 2.24) is 10.3 Å². The van der Waals surface area contributed by atoms with Crippen LogP contribution in [0.3, 0.4) is 0 Å². The molecule has 0 saturated heterocycles. The van der Waals surface area contributed by atoms with Crippen molar-refractivity contribution < 1.29 is 4.74 Å². The first kappa shape index (κ1) is 13.0. The zero-order chi connectivity index (χ0) is 12.0. The molecule has 0 aliphatic heterocycles. The van der Waals surface area contributed by atoms with Crippen LogP contribution in [0, 0.1) is 6.92 Å². The molecule has 0 saturated carbocycles. The van der Waals surface area contributed by atoms with Gasteiger partial charge in [-0.3, -0.25) is 10.7 Å². The van der Waals surface area contributed by atoms with Crippen molar-refractivity contribution in [1.29, 1.82) is 0 Å². The lowest BCUT2D eigenvalue weighted by Crippen LogP contribution is -2.35. The van der Waals surface area contributed by atoms with E-state index in [0.29, 0.717) is 13.3 Å². The van der Waals surface area contributed by atoms with Gasteiger partial charge in [-0.1, -0.05) is 12.1 Å². The molecule has 0 aromatic heterocycles. The Bertz CT molecular complexity index is 328. The van der Waals surface area contributed by atoms with E-state index >= 15 is 0 Å². The minimum absolute atomic E-state index is 0.673. The van der Waals surface area contributed by atoms with E-state index in [1.54, 1.807) is 0 Å². The molecule has 0 atom stereocenters. The first-order valence-corrected chi connectivity index (χ1v) is 5.51. The second kappa shape index (κ2) is 6.48. The van der Waals surface area contributed by atoms with Crippen LogP contribution in [0.5, 0.6) is 5.75 Å². The normalized spacial score (nSPS) is 10.8. The maximum Gasteiger partial charge on any atom is 0.122 e. The van der Waals surface area contributed by atoms with Crippen molar-refractivity contribution >= 4 is 0 Å². The lowest BCUT2D eigenvalue weighted by Gasteiger charge is -2.16. The van der Waals surface area contributed by atoms with Gasteiger partial charge in [-0.15, -0.1) is 0 Å². The van der Waals surface area contributed by atoms with Crippen LogP contribution < -0.4 is 16.0 Å². The third-order valence-corrected chi connectivity index (χ3v) is 2.35. The van der Waals surface area contributed by atoms with Gasteiger partial charge >= 0.3 is 0 Å². The molecule has 0 unspecified atom stereocenters. The Morgan fingerprint density at radius 1 is 1.44 bits per heavy atom. The van der Waals surface area contributed by atoms with Crippen LogP contribution in [0.25, 0.3) is 0 Å². The molecule has 0 aliphatic carbocycles. The summed E-state index contributed by atoms with van der Waals surface area (Å²) in [7, 11) is 2.02. The van der Waals surface area contributed by atoms with Gasteiger partial charge in [-0.25, -0.2) is 5.43 Å². The number of nitrogens with one attached hydrogen (secondary N) is 1. The Morgan fingerprint density at radius 2 is 2.19 bits per heavy atom. The number of nitrogens with zero attached hydrogens (tertiary/aromatic N) is 1. The van der Waals surface area contributed by atoms with E-state index in [-0.39, 0.29) is 0 Å². The predicted molar refractivity (Wildman–Crippen MR) is 66.0 cm³/mol. The van der Waals surface area contributed by atoms with Crippen LogP contribution in [0.4, 0.5) is 0 Å². The van der Waals surface area contributed by atoms with E-state index in [1.807, 2.05) is 20.0 Å². The fourth-order valence-corrected chi connectivity index (χ4v) is 1.65. The topological polar surface area (TPSA) is 50.5 Å². The molecular weight excluding hydrogens is 202 g/mol. The van der Waals surface area contributed by atoms with Crippen molar-refractivity contribution in [2.24, 2.45) is 5.84 Å². The second-order valence-corrected chi connectivity index (χ2v) is 3.91. The summed E-state index contributed by atoms with van der Waals surface area (Å²) >= 11 is 0. The number of aryl methyl sites for hydroxylation is 1. The largest absolute Gasteiger partial charge is 0.494 e. The molecule has 1 aromatic carbocycles. The lowest BCUT2D eigenvalue weighted by molar-refractivity contribution is 0.301. The highest BCUT2D eigenvalue weighted by molar-refractivity contribution is 5.36. The van der Waals surface area contributed by atoms with Crippen molar-refractivity contribution in [2.45, 2.75) is 20.4 Å². The van der Waals surface area contributed by atoms with Crippen LogP contribution in [-0.2, 0) is 6.54 Å². The fourth-order valence-electron chi connectivity index (χ4n) is 1.65. The molecule has 90 valence electrons. The Balaban J connectivity index is 2.65. The van der Waals surface area contributed by atoms with Gasteiger partial charge in [0, 0.05) is 6.54 Å². The van der Waals surface area contributed by atoms with E-state index in [9.17, 15) is 0 Å². The average molecular weight is 223 g/mol. The average Bonchev–Trinajstić information content (AvgIpc) is 2.22. The summed E-state index contributed by atoms with van der Waals surface area (Å²) in [4.78, 5) is 2.11. The van der Waals surface area contributed by atoms with E-state index in [2.05, 4.69) is 29.4 Å². The number of rotatable bonds is 6. The highest BCUT2D eigenvalue weighted by Gasteiger charge is 2.03. The summed E-state index contributed by atoms with van der Waals surface area (Å²) in [6, 6.07) is 6.26. The maximum absolute atomic E-state index is 5.50. The quantitative estimate of drug-likeness (QED) is 0.433. The molecule has 4 nitrogen and oxygen atoms in total. The van der Waals surface area contributed by atoms with Crippen molar-refractivity contribution in [3.8, 4) is 5.75 Å². The van der Waals surface area contributed by atoms with Crippen LogP contribution in [0.2, 0.25) is 0 Å². The van der Waals surface area contributed by atoms with Gasteiger partial charge < -0.3 is 4.74 Å². The smallest absolute Gasteiger partial charge is 0.122 e. The van der Waals surface area contributed by atoms with Crippen LogP contribution in [0.15, 0.2) is 18.2 Å². The highest BCUT2D eigenvalue weighted by atomic mass is 16.5. The number of nitrogens with two attached hydrogens (primary N) is 1. The third-order valence-electron chi connectivity index (χ3n) is 2.35. The number of ether oxygens (including phenoxy) is 1. The van der Waals surface area contributed by atoms with Crippen molar-refractivity contribution in [3.63, 3.8) is 0 Å². The summed E-state index contributed by atoms with van der Waals surface area (Å²) in [6.45, 7) is 6.31. The van der Waals surface area contributed by atoms with Gasteiger partial charge in [-0.2, -0.15) is 0 Å². The molecule has 1 aromatic rings. The van der Waals surface area contributed by atoms with Crippen LogP contribution in [0.1, 0.15) is 18.1 Å². The summed E-state index contributed by atoms with van der Waals surface area (Å²) in [5, 5.41) is 0. The van der Waals surface area contributed by atoms with E-state index in [0.717, 1.165) is 12.3 Å². The van der Waals surface area contributed by atoms with Gasteiger partial charge in [0.2, 0.25) is 0 Å². The summed E-state index contributed by atoms with van der Waals surface area (Å²) < 4.78 is 5.50. The Kier molecular flexibility index (Phi) is 5.25. The van der Waals surface area contributed by atoms with Crippen LogP contribution in [-0.4, -0.2) is 25.2 Å². The fraction of sp³-hybridized carbons (Fsp3) is 0.500. The summed E-state index contributed by atoms with van der Waals surface area (Å²) in [5.74, 6) is 6.23. The molecule has 0 bridgehead atoms. The van der Waals surface area contributed by atoms with Crippen molar-refractivity contribution in [3.05, 3.63) is 29.3 Å². The Hall–Kier alpha value is -1.10. The van der Waals surface area contributed by atoms with Gasteiger partial charge in [0.15, 0.2) is 0 Å². The molecule has 0 heterocycles. The summed E-state index contributed by atoms with van der Waals surface area (Å²) in [6.07, 6.45) is 0. The standard InChI is InChI=1S/C12H21N3O/c1-4-16-12-6-5-11(7-10(12)2)8-15(3)9-14-13/h5-7,14H,4,8-9,13H2,1-3H3. The summed E-state index contributed by atoms with van der Waals surface area (Å²) in [5.41, 5.74) is 5.07. The van der Waals surface area contributed by atoms with Crippen LogP contribution >= 0.6 is 0 Å². The van der Waals surface area contributed by atoms with E-state index in [4.69, 9.17) is 10.6 Å². The van der Waals surface area contributed by atoms with Gasteiger partial charge in [-0.05, 0) is 38.1 Å². The number of hydrogen-bond acceptors (Lipinski definition) is 4. The maximum atomic E-state index is 5.50. The zero-order valence-corrected chi connectivity index (χ0v) is 10.3. The second-order valence-electron chi connectivity index (χ2n) is 3.91. The number of benzene rings is 1. The molecule has 0 spiro atoms. The SMILES string of the molecule is CCOc1ccc(CN(C)CNN)cc1C. The molecule has 3 N–H and O–H groups in total. The molecule has 0 fully saturated rings. The molecule has 16 heavy (non-hydrogen) atoms. The number of hydrazine groups is 1. The molecule has 0 amide bonds. The first-order valence-electron chi connectivity index (χ1n) is 5.51. The minimum atomic E-state index is 0.673. The molecule has 0 aliphatic rings. The van der Waals surface area contributed by atoms with Gasteiger partial charge in [0.1, 0.15) is 5.75 Å². The minimum Gasteiger partial charge on any atom is -0.494 e. The monoisotopic (exact) mass is 223 g/mol. The molecule has 0 radical (unpaired) electrons. The first-order chi connectivity index (χ1) is 7.67. The Labute approximate surface area is 97.4 Å². The third kappa shape index (κ3) is 3.81. The van der Waals surface area contributed by atoms with E-state index < -0.39 is 0 Å². The predicted octanol–water partition coefficient (Wildman–Crippen LogP) is 1.25. The molecule has 4 heteroatoms. The van der Waals surface area contributed by atoms with E-state index in [1.165, 1.54) is 11.1 Å². The highest BCUT2D eigenvalue weighted by Crippen LogP contribution is 2.19. The molecule has 1 rings (SSSR count).